The molecule has 0 aliphatic rings. The smallest absolute Gasteiger partial charge is 0.129 e. The predicted octanol–water partition coefficient (Wildman–Crippen LogP) is 2.46. The number of aliphatic imine (C=N–C) groups is 1. The molecule has 1 heterocycles. The van der Waals surface area contributed by atoms with Crippen molar-refractivity contribution in [2.24, 2.45) is 4.99 Å². The van der Waals surface area contributed by atoms with Crippen LogP contribution in [0.2, 0.25) is 5.15 Å². The zero-order valence-electron chi connectivity index (χ0n) is 5.58. The van der Waals surface area contributed by atoms with Crippen LogP contribution in [0.4, 0.5) is 5.69 Å². The third-order valence-corrected chi connectivity index (χ3v) is 1.21. The average Bonchev–Trinajstić information content (AvgIpc) is 1.95. The van der Waals surface area contributed by atoms with E-state index >= 15 is 0 Å². The molecule has 0 atom stereocenters. The molecule has 1 rings (SSSR count). The SMILES string of the molecule is CC=Nc1ccc(Cl)nc1. The number of aromatic nitrogens is 1. The molecule has 0 saturated carbocycles. The van der Waals surface area contributed by atoms with Crippen molar-refractivity contribution in [2.45, 2.75) is 6.92 Å². The summed E-state index contributed by atoms with van der Waals surface area (Å²) in [5.41, 5.74) is 0.826. The second-order valence-corrected chi connectivity index (χ2v) is 2.11. The lowest BCUT2D eigenvalue weighted by molar-refractivity contribution is 1.31. The Balaban J connectivity index is 2.89. The van der Waals surface area contributed by atoms with Gasteiger partial charge in [-0.1, -0.05) is 11.6 Å². The van der Waals surface area contributed by atoms with Gasteiger partial charge in [-0.3, -0.25) is 4.99 Å². The van der Waals surface area contributed by atoms with Crippen LogP contribution in [0.5, 0.6) is 0 Å². The fourth-order valence-electron chi connectivity index (χ4n) is 0.593. The van der Waals surface area contributed by atoms with Crippen molar-refractivity contribution >= 4 is 23.5 Å². The van der Waals surface area contributed by atoms with Gasteiger partial charge in [-0.25, -0.2) is 4.98 Å². The van der Waals surface area contributed by atoms with E-state index in [0.717, 1.165) is 5.69 Å². The Morgan fingerprint density at radius 2 is 2.40 bits per heavy atom. The Bertz CT molecular complexity index is 228. The minimum atomic E-state index is 0.495. The standard InChI is InChI=1S/C7H7ClN2/c1-2-9-6-3-4-7(8)10-5-6/h2-5H,1H3. The van der Waals surface area contributed by atoms with Crippen LogP contribution < -0.4 is 0 Å². The van der Waals surface area contributed by atoms with Gasteiger partial charge in [0.1, 0.15) is 5.15 Å². The second kappa shape index (κ2) is 3.32. The van der Waals surface area contributed by atoms with Gasteiger partial charge in [0.15, 0.2) is 0 Å². The number of rotatable bonds is 1. The summed E-state index contributed by atoms with van der Waals surface area (Å²) in [6.07, 6.45) is 3.34. The highest BCUT2D eigenvalue weighted by molar-refractivity contribution is 6.29. The van der Waals surface area contributed by atoms with Gasteiger partial charge in [0.25, 0.3) is 0 Å². The maximum atomic E-state index is 5.55. The topological polar surface area (TPSA) is 25.2 Å². The third kappa shape index (κ3) is 1.81. The van der Waals surface area contributed by atoms with Gasteiger partial charge in [-0.05, 0) is 19.1 Å². The van der Waals surface area contributed by atoms with Crippen molar-refractivity contribution in [2.75, 3.05) is 0 Å². The summed E-state index contributed by atoms with van der Waals surface area (Å²) >= 11 is 5.55. The fraction of sp³-hybridized carbons (Fsp3) is 0.143. The van der Waals surface area contributed by atoms with Crippen LogP contribution in [0.25, 0.3) is 0 Å². The first-order valence-corrected chi connectivity index (χ1v) is 3.31. The van der Waals surface area contributed by atoms with E-state index < -0.39 is 0 Å². The molecule has 0 N–H and O–H groups in total. The highest BCUT2D eigenvalue weighted by Gasteiger charge is 1.87. The average molecular weight is 155 g/mol. The summed E-state index contributed by atoms with van der Waals surface area (Å²) in [7, 11) is 0. The Morgan fingerprint density at radius 1 is 1.60 bits per heavy atom. The first kappa shape index (κ1) is 7.22. The summed E-state index contributed by atoms with van der Waals surface area (Å²) < 4.78 is 0. The van der Waals surface area contributed by atoms with E-state index in [0.29, 0.717) is 5.15 Å². The highest BCUT2D eigenvalue weighted by atomic mass is 35.5. The molecular weight excluding hydrogens is 148 g/mol. The first-order valence-electron chi connectivity index (χ1n) is 2.93. The maximum absolute atomic E-state index is 5.55. The zero-order valence-corrected chi connectivity index (χ0v) is 6.34. The molecule has 0 bridgehead atoms. The molecule has 1 aromatic heterocycles. The van der Waals surface area contributed by atoms with Crippen LogP contribution in [0, 0.1) is 0 Å². The van der Waals surface area contributed by atoms with Crippen LogP contribution in [0.15, 0.2) is 23.3 Å². The molecule has 10 heavy (non-hydrogen) atoms. The van der Waals surface area contributed by atoms with Gasteiger partial charge >= 0.3 is 0 Å². The molecule has 0 amide bonds. The van der Waals surface area contributed by atoms with Gasteiger partial charge in [-0.15, -0.1) is 0 Å². The number of pyridine rings is 1. The summed E-state index contributed by atoms with van der Waals surface area (Å²) in [6.45, 7) is 1.86. The van der Waals surface area contributed by atoms with E-state index in [2.05, 4.69) is 9.98 Å². The lowest BCUT2D eigenvalue weighted by Gasteiger charge is -1.89. The van der Waals surface area contributed by atoms with Crippen LogP contribution in [0.3, 0.4) is 0 Å². The molecule has 1 aromatic rings. The molecule has 2 nitrogen and oxygen atoms in total. The first-order chi connectivity index (χ1) is 4.83. The lowest BCUT2D eigenvalue weighted by atomic mass is 10.4. The Morgan fingerprint density at radius 3 is 2.90 bits per heavy atom. The monoisotopic (exact) mass is 154 g/mol. The predicted molar refractivity (Wildman–Crippen MR) is 43.1 cm³/mol. The van der Waals surface area contributed by atoms with E-state index in [9.17, 15) is 0 Å². The minimum absolute atomic E-state index is 0.495. The van der Waals surface area contributed by atoms with Crippen molar-refractivity contribution in [3.8, 4) is 0 Å². The lowest BCUT2D eigenvalue weighted by Crippen LogP contribution is -1.71. The van der Waals surface area contributed by atoms with Crippen LogP contribution in [-0.2, 0) is 0 Å². The van der Waals surface area contributed by atoms with E-state index in [-0.39, 0.29) is 0 Å². The van der Waals surface area contributed by atoms with Gasteiger partial charge in [0.2, 0.25) is 0 Å². The molecule has 52 valence electrons. The third-order valence-electron chi connectivity index (χ3n) is 0.990. The van der Waals surface area contributed by atoms with Gasteiger partial charge in [0.05, 0.1) is 11.9 Å². The number of nitrogens with zero attached hydrogens (tertiary/aromatic N) is 2. The van der Waals surface area contributed by atoms with Crippen molar-refractivity contribution in [3.63, 3.8) is 0 Å². The second-order valence-electron chi connectivity index (χ2n) is 1.73. The van der Waals surface area contributed by atoms with E-state index in [1.54, 1.807) is 18.5 Å². The van der Waals surface area contributed by atoms with Crippen LogP contribution in [-0.4, -0.2) is 11.2 Å². The number of hydrogen-bond donors (Lipinski definition) is 0. The van der Waals surface area contributed by atoms with Crippen molar-refractivity contribution < 1.29 is 0 Å². The van der Waals surface area contributed by atoms with Crippen LogP contribution in [0.1, 0.15) is 6.92 Å². The molecule has 3 heteroatoms. The summed E-state index contributed by atoms with van der Waals surface area (Å²) in [5.74, 6) is 0. The molecule has 0 aliphatic heterocycles. The number of hydrogen-bond acceptors (Lipinski definition) is 2. The fourth-order valence-corrected chi connectivity index (χ4v) is 0.705. The molecule has 0 unspecified atom stereocenters. The summed E-state index contributed by atoms with van der Waals surface area (Å²) in [5, 5.41) is 0.495. The quantitative estimate of drug-likeness (QED) is 0.451. The molecule has 0 spiro atoms. The summed E-state index contributed by atoms with van der Waals surface area (Å²) in [6, 6.07) is 3.53. The van der Waals surface area contributed by atoms with Gasteiger partial charge < -0.3 is 0 Å². The zero-order chi connectivity index (χ0) is 7.40. The maximum Gasteiger partial charge on any atom is 0.129 e. The Labute approximate surface area is 64.6 Å². The Hall–Kier alpha value is -0.890. The van der Waals surface area contributed by atoms with Gasteiger partial charge in [0, 0.05) is 6.21 Å². The molecule has 0 aliphatic carbocycles. The normalized spacial score (nSPS) is 10.6. The van der Waals surface area contributed by atoms with Gasteiger partial charge in [-0.2, -0.15) is 0 Å². The highest BCUT2D eigenvalue weighted by Crippen LogP contribution is 2.11. The molecule has 0 aromatic carbocycles. The molecule has 0 saturated heterocycles. The van der Waals surface area contributed by atoms with E-state index in [1.165, 1.54) is 0 Å². The molecule has 0 radical (unpaired) electrons. The molecular formula is C7H7ClN2. The number of halogens is 1. The van der Waals surface area contributed by atoms with E-state index in [1.807, 2.05) is 13.0 Å². The van der Waals surface area contributed by atoms with Crippen LogP contribution >= 0.6 is 11.6 Å². The van der Waals surface area contributed by atoms with E-state index in [4.69, 9.17) is 11.6 Å². The Kier molecular flexibility index (Phi) is 2.40. The van der Waals surface area contributed by atoms with Crippen molar-refractivity contribution in [3.05, 3.63) is 23.5 Å². The summed E-state index contributed by atoms with van der Waals surface area (Å²) in [4.78, 5) is 7.85. The van der Waals surface area contributed by atoms with Crippen molar-refractivity contribution in [1.29, 1.82) is 0 Å². The minimum Gasteiger partial charge on any atom is -0.260 e. The van der Waals surface area contributed by atoms with Crippen molar-refractivity contribution in [1.82, 2.24) is 4.98 Å². The molecule has 0 fully saturated rings. The largest absolute Gasteiger partial charge is 0.260 e.